The lowest BCUT2D eigenvalue weighted by molar-refractivity contribution is 0.0968. The van der Waals surface area contributed by atoms with Gasteiger partial charge in [-0.05, 0) is 29.8 Å². The number of hydrogen-bond donors (Lipinski definition) is 1. The van der Waals surface area contributed by atoms with Crippen molar-refractivity contribution in [2.24, 2.45) is 0 Å². The molecule has 4 heteroatoms. The lowest BCUT2D eigenvalue weighted by Crippen LogP contribution is -2.02. The van der Waals surface area contributed by atoms with Crippen LogP contribution in [-0.4, -0.2) is 5.78 Å². The van der Waals surface area contributed by atoms with Crippen molar-refractivity contribution in [3.63, 3.8) is 0 Å². The number of para-hydroxylation sites is 1. The summed E-state index contributed by atoms with van der Waals surface area (Å²) >= 11 is 6.03. The van der Waals surface area contributed by atoms with Gasteiger partial charge in [-0.1, -0.05) is 35.9 Å². The smallest absolute Gasteiger partial charge is 0.202 e. The molecule has 0 aliphatic heterocycles. The van der Waals surface area contributed by atoms with Gasteiger partial charge in [0.1, 0.15) is 0 Å². The lowest BCUT2D eigenvalue weighted by Gasteiger charge is -1.99. The minimum atomic E-state index is -0.0814. The summed E-state index contributed by atoms with van der Waals surface area (Å²) in [4.78, 5) is 12.2. The van der Waals surface area contributed by atoms with E-state index in [4.69, 9.17) is 21.8 Å². The van der Waals surface area contributed by atoms with Gasteiger partial charge in [0.05, 0.1) is 5.02 Å². The van der Waals surface area contributed by atoms with Gasteiger partial charge in [0.2, 0.25) is 5.78 Å². The van der Waals surface area contributed by atoms with E-state index in [1.165, 1.54) is 0 Å². The monoisotopic (exact) mass is 285 g/mol. The quantitative estimate of drug-likeness (QED) is 0.582. The van der Waals surface area contributed by atoms with E-state index in [0.29, 0.717) is 22.1 Å². The van der Waals surface area contributed by atoms with Crippen LogP contribution in [0.25, 0.3) is 11.0 Å². The minimum absolute atomic E-state index is 0.0814. The van der Waals surface area contributed by atoms with E-state index in [1.54, 1.807) is 24.3 Å². The number of carbonyl (C=O) groups is 1. The number of benzene rings is 2. The molecule has 2 aromatic carbocycles. The van der Waals surface area contributed by atoms with Gasteiger partial charge in [-0.2, -0.15) is 0 Å². The number of furan rings is 1. The van der Waals surface area contributed by atoms with Crippen molar-refractivity contribution >= 4 is 34.0 Å². The number of rotatable bonds is 3. The third kappa shape index (κ3) is 2.40. The van der Waals surface area contributed by atoms with Crippen molar-refractivity contribution in [1.29, 1.82) is 0 Å². The molecule has 0 aliphatic carbocycles. The maximum absolute atomic E-state index is 12.2. The molecule has 3 rings (SSSR count). The van der Waals surface area contributed by atoms with Crippen LogP contribution in [0.15, 0.2) is 52.9 Å². The van der Waals surface area contributed by atoms with Gasteiger partial charge in [-0.3, -0.25) is 4.79 Å². The zero-order valence-corrected chi connectivity index (χ0v) is 11.4. The van der Waals surface area contributed by atoms with E-state index < -0.39 is 0 Å². The molecule has 0 aliphatic rings. The number of halogens is 1. The van der Waals surface area contributed by atoms with E-state index in [-0.39, 0.29) is 12.2 Å². The van der Waals surface area contributed by atoms with Crippen molar-refractivity contribution in [2.45, 2.75) is 6.42 Å². The van der Waals surface area contributed by atoms with E-state index in [0.717, 1.165) is 10.9 Å². The second-order valence-corrected chi connectivity index (χ2v) is 5.02. The Balaban J connectivity index is 1.89. The number of fused-ring (bicyclic) bond motifs is 1. The average Bonchev–Trinajstić information content (AvgIpc) is 2.87. The number of ketones is 1. The summed E-state index contributed by atoms with van der Waals surface area (Å²) in [6.45, 7) is 0. The first-order chi connectivity index (χ1) is 9.63. The van der Waals surface area contributed by atoms with Gasteiger partial charge in [-0.25, -0.2) is 0 Å². The predicted molar refractivity (Wildman–Crippen MR) is 80.1 cm³/mol. The van der Waals surface area contributed by atoms with Crippen molar-refractivity contribution in [3.05, 3.63) is 64.9 Å². The van der Waals surface area contributed by atoms with Crippen LogP contribution in [0, 0.1) is 0 Å². The summed E-state index contributed by atoms with van der Waals surface area (Å²) in [6.07, 6.45) is 0.276. The molecule has 1 heterocycles. The molecule has 20 heavy (non-hydrogen) atoms. The normalized spacial score (nSPS) is 10.8. The summed E-state index contributed by atoms with van der Waals surface area (Å²) in [6, 6.07) is 14.4. The Morgan fingerprint density at radius 2 is 1.90 bits per heavy atom. The maximum atomic E-state index is 12.2. The van der Waals surface area contributed by atoms with E-state index >= 15 is 0 Å². The second kappa shape index (κ2) is 5.02. The molecule has 0 atom stereocenters. The standard InChI is InChI=1S/C16H12ClNO2/c17-13-3-1-2-11-9-15(20-16(11)13)14(19)8-10-4-6-12(18)7-5-10/h1-7,9H,8,18H2. The Morgan fingerprint density at radius 1 is 1.15 bits per heavy atom. The molecule has 3 nitrogen and oxygen atoms in total. The van der Waals surface area contributed by atoms with Gasteiger partial charge in [0.25, 0.3) is 0 Å². The van der Waals surface area contributed by atoms with Crippen molar-refractivity contribution in [3.8, 4) is 0 Å². The van der Waals surface area contributed by atoms with Crippen molar-refractivity contribution in [1.82, 2.24) is 0 Å². The minimum Gasteiger partial charge on any atom is -0.451 e. The Labute approximate surface area is 120 Å². The Hall–Kier alpha value is -2.26. The SMILES string of the molecule is Nc1ccc(CC(=O)c2cc3cccc(Cl)c3o2)cc1. The maximum Gasteiger partial charge on any atom is 0.202 e. The van der Waals surface area contributed by atoms with Crippen LogP contribution in [0.5, 0.6) is 0 Å². The molecule has 0 bridgehead atoms. The van der Waals surface area contributed by atoms with Gasteiger partial charge >= 0.3 is 0 Å². The highest BCUT2D eigenvalue weighted by Gasteiger charge is 2.14. The van der Waals surface area contributed by atoms with Gasteiger partial charge in [0, 0.05) is 17.5 Å². The summed E-state index contributed by atoms with van der Waals surface area (Å²) in [5.41, 5.74) is 7.75. The van der Waals surface area contributed by atoms with Crippen LogP contribution in [0.1, 0.15) is 16.1 Å². The molecule has 0 saturated heterocycles. The molecule has 0 spiro atoms. The predicted octanol–water partition coefficient (Wildman–Crippen LogP) is 4.09. The fourth-order valence-corrected chi connectivity index (χ4v) is 2.29. The van der Waals surface area contributed by atoms with Gasteiger partial charge < -0.3 is 10.2 Å². The largest absolute Gasteiger partial charge is 0.451 e. The highest BCUT2D eigenvalue weighted by Crippen LogP contribution is 2.27. The summed E-state index contributed by atoms with van der Waals surface area (Å²) < 4.78 is 5.55. The molecule has 0 radical (unpaired) electrons. The Morgan fingerprint density at radius 3 is 2.60 bits per heavy atom. The Bertz CT molecular complexity index is 775. The first-order valence-corrected chi connectivity index (χ1v) is 6.57. The highest BCUT2D eigenvalue weighted by atomic mass is 35.5. The Kier molecular flexibility index (Phi) is 3.20. The first kappa shape index (κ1) is 12.8. The molecule has 0 saturated carbocycles. The molecule has 0 fully saturated rings. The molecule has 0 amide bonds. The zero-order chi connectivity index (χ0) is 14.1. The van der Waals surface area contributed by atoms with E-state index in [1.807, 2.05) is 24.3 Å². The van der Waals surface area contributed by atoms with Crippen LogP contribution in [0.4, 0.5) is 5.69 Å². The van der Waals surface area contributed by atoms with Crippen LogP contribution in [-0.2, 0) is 6.42 Å². The van der Waals surface area contributed by atoms with Crippen molar-refractivity contribution < 1.29 is 9.21 Å². The molecule has 2 N–H and O–H groups in total. The summed E-state index contributed by atoms with van der Waals surface area (Å²) in [5.74, 6) is 0.243. The van der Waals surface area contributed by atoms with Crippen LogP contribution in [0.2, 0.25) is 5.02 Å². The number of nitrogen functional groups attached to an aromatic ring is 1. The molecule has 100 valence electrons. The number of carbonyl (C=O) groups excluding carboxylic acids is 1. The lowest BCUT2D eigenvalue weighted by atomic mass is 10.1. The summed E-state index contributed by atoms with van der Waals surface area (Å²) in [7, 11) is 0. The second-order valence-electron chi connectivity index (χ2n) is 4.61. The fraction of sp³-hybridized carbons (Fsp3) is 0.0625. The van der Waals surface area contributed by atoms with Crippen molar-refractivity contribution in [2.75, 3.05) is 5.73 Å². The first-order valence-electron chi connectivity index (χ1n) is 6.19. The molecule has 1 aromatic heterocycles. The van der Waals surface area contributed by atoms with Crippen LogP contribution < -0.4 is 5.73 Å². The summed E-state index contributed by atoms with van der Waals surface area (Å²) in [5, 5.41) is 1.34. The molecular formula is C16H12ClNO2. The van der Waals surface area contributed by atoms with E-state index in [9.17, 15) is 4.79 Å². The van der Waals surface area contributed by atoms with Gasteiger partial charge in [0.15, 0.2) is 11.3 Å². The third-order valence-corrected chi connectivity index (χ3v) is 3.41. The average molecular weight is 286 g/mol. The third-order valence-electron chi connectivity index (χ3n) is 3.12. The van der Waals surface area contributed by atoms with Gasteiger partial charge in [-0.15, -0.1) is 0 Å². The molecule has 3 aromatic rings. The number of nitrogens with two attached hydrogens (primary N) is 1. The number of anilines is 1. The molecule has 0 unspecified atom stereocenters. The fourth-order valence-electron chi connectivity index (χ4n) is 2.07. The topological polar surface area (TPSA) is 56.2 Å². The van der Waals surface area contributed by atoms with Crippen LogP contribution in [0.3, 0.4) is 0 Å². The van der Waals surface area contributed by atoms with Crippen LogP contribution >= 0.6 is 11.6 Å². The zero-order valence-electron chi connectivity index (χ0n) is 10.6. The number of Topliss-reactive ketones (excluding diaryl/α,β-unsaturated/α-hetero) is 1. The highest BCUT2D eigenvalue weighted by molar-refractivity contribution is 6.34. The van der Waals surface area contributed by atoms with E-state index in [2.05, 4.69) is 0 Å². The number of hydrogen-bond acceptors (Lipinski definition) is 3. The molecular weight excluding hydrogens is 274 g/mol.